The average Bonchev–Trinajstić information content (AvgIpc) is 2.67. The van der Waals surface area contributed by atoms with Crippen molar-refractivity contribution in [3.8, 4) is 0 Å². The zero-order valence-corrected chi connectivity index (χ0v) is 9.57. The molecule has 2 heterocycles. The van der Waals surface area contributed by atoms with Crippen LogP contribution in [0.4, 0.5) is 0 Å². The van der Waals surface area contributed by atoms with Crippen molar-refractivity contribution in [1.82, 2.24) is 4.98 Å². The molecule has 1 atom stereocenters. The standard InChI is InChI=1S/C10H13NOS2/c12-7-9-6-11-10(14-9)5-8-3-1-2-4-13-8/h6-8H,1-5H2. The van der Waals surface area contributed by atoms with Gasteiger partial charge in [-0.3, -0.25) is 4.79 Å². The highest BCUT2D eigenvalue weighted by Gasteiger charge is 2.15. The Kier molecular flexibility index (Phi) is 3.59. The van der Waals surface area contributed by atoms with Crippen LogP contribution in [0.2, 0.25) is 0 Å². The molecule has 76 valence electrons. The summed E-state index contributed by atoms with van der Waals surface area (Å²) in [6, 6.07) is 0. The van der Waals surface area contributed by atoms with Crippen LogP contribution in [0.1, 0.15) is 33.9 Å². The van der Waals surface area contributed by atoms with Crippen molar-refractivity contribution in [2.75, 3.05) is 5.75 Å². The SMILES string of the molecule is O=Cc1cnc(CC2CCCCS2)s1. The van der Waals surface area contributed by atoms with Gasteiger partial charge in [-0.05, 0) is 18.6 Å². The van der Waals surface area contributed by atoms with Gasteiger partial charge in [0, 0.05) is 17.9 Å². The molecular formula is C10H13NOS2. The zero-order valence-electron chi connectivity index (χ0n) is 7.94. The lowest BCUT2D eigenvalue weighted by atomic mass is 10.1. The maximum atomic E-state index is 10.5. The lowest BCUT2D eigenvalue weighted by Crippen LogP contribution is -2.12. The van der Waals surface area contributed by atoms with Gasteiger partial charge in [0.05, 0.1) is 9.88 Å². The highest BCUT2D eigenvalue weighted by molar-refractivity contribution is 7.99. The third-order valence-electron chi connectivity index (χ3n) is 2.36. The molecule has 1 unspecified atom stereocenters. The first-order chi connectivity index (χ1) is 6.88. The molecule has 1 fully saturated rings. The monoisotopic (exact) mass is 227 g/mol. The summed E-state index contributed by atoms with van der Waals surface area (Å²) in [6.45, 7) is 0. The van der Waals surface area contributed by atoms with E-state index in [1.165, 1.54) is 36.4 Å². The van der Waals surface area contributed by atoms with Gasteiger partial charge in [-0.25, -0.2) is 4.98 Å². The normalized spacial score (nSPS) is 22.1. The van der Waals surface area contributed by atoms with Gasteiger partial charge < -0.3 is 0 Å². The molecule has 1 saturated heterocycles. The molecule has 1 aromatic heterocycles. The van der Waals surface area contributed by atoms with Crippen molar-refractivity contribution >= 4 is 29.4 Å². The molecule has 2 nitrogen and oxygen atoms in total. The number of rotatable bonds is 3. The van der Waals surface area contributed by atoms with Gasteiger partial charge in [-0.1, -0.05) is 6.42 Å². The van der Waals surface area contributed by atoms with Crippen LogP contribution in [-0.2, 0) is 6.42 Å². The summed E-state index contributed by atoms with van der Waals surface area (Å²) in [4.78, 5) is 15.5. The minimum atomic E-state index is 0.731. The third kappa shape index (κ3) is 2.58. The van der Waals surface area contributed by atoms with Crippen molar-refractivity contribution in [1.29, 1.82) is 0 Å². The lowest BCUT2D eigenvalue weighted by molar-refractivity contribution is 0.112. The Hall–Kier alpha value is -0.350. The van der Waals surface area contributed by atoms with E-state index in [1.54, 1.807) is 6.20 Å². The number of carbonyl (C=O) groups is 1. The highest BCUT2D eigenvalue weighted by atomic mass is 32.2. The number of hydrogen-bond acceptors (Lipinski definition) is 4. The van der Waals surface area contributed by atoms with Crippen molar-refractivity contribution in [2.24, 2.45) is 0 Å². The van der Waals surface area contributed by atoms with Gasteiger partial charge in [-0.2, -0.15) is 11.8 Å². The minimum absolute atomic E-state index is 0.731. The van der Waals surface area contributed by atoms with E-state index in [9.17, 15) is 4.79 Å². The fraction of sp³-hybridized carbons (Fsp3) is 0.600. The summed E-state index contributed by atoms with van der Waals surface area (Å²) in [7, 11) is 0. The van der Waals surface area contributed by atoms with Crippen LogP contribution in [0, 0.1) is 0 Å². The lowest BCUT2D eigenvalue weighted by Gasteiger charge is -2.19. The molecule has 1 aliphatic rings. The predicted molar refractivity (Wildman–Crippen MR) is 61.3 cm³/mol. The summed E-state index contributed by atoms with van der Waals surface area (Å²) >= 11 is 3.59. The summed E-state index contributed by atoms with van der Waals surface area (Å²) in [5, 5.41) is 1.85. The van der Waals surface area contributed by atoms with Gasteiger partial charge in [0.1, 0.15) is 0 Å². The van der Waals surface area contributed by atoms with Crippen LogP contribution in [0.25, 0.3) is 0 Å². The Morgan fingerprint density at radius 2 is 2.50 bits per heavy atom. The van der Waals surface area contributed by atoms with E-state index in [4.69, 9.17) is 0 Å². The molecule has 0 aromatic carbocycles. The maximum absolute atomic E-state index is 10.5. The minimum Gasteiger partial charge on any atom is -0.297 e. The van der Waals surface area contributed by atoms with Gasteiger partial charge in [0.2, 0.25) is 0 Å². The number of thiazole rings is 1. The van der Waals surface area contributed by atoms with Gasteiger partial charge in [0.15, 0.2) is 6.29 Å². The first-order valence-corrected chi connectivity index (χ1v) is 6.76. The average molecular weight is 227 g/mol. The van der Waals surface area contributed by atoms with E-state index in [-0.39, 0.29) is 0 Å². The molecule has 0 saturated carbocycles. The number of hydrogen-bond donors (Lipinski definition) is 0. The summed E-state index contributed by atoms with van der Waals surface area (Å²) in [5.41, 5.74) is 0. The van der Waals surface area contributed by atoms with Crippen LogP contribution < -0.4 is 0 Å². The van der Waals surface area contributed by atoms with Crippen molar-refractivity contribution < 1.29 is 4.79 Å². The molecule has 1 aliphatic heterocycles. The number of nitrogens with zero attached hydrogens (tertiary/aromatic N) is 1. The number of aldehydes is 1. The molecular weight excluding hydrogens is 214 g/mol. The van der Waals surface area contributed by atoms with Crippen LogP contribution in [0.5, 0.6) is 0 Å². The topological polar surface area (TPSA) is 30.0 Å². The molecule has 1 aromatic rings. The summed E-state index contributed by atoms with van der Waals surface area (Å²) in [5.74, 6) is 1.29. The molecule has 0 spiro atoms. The van der Waals surface area contributed by atoms with E-state index >= 15 is 0 Å². The fourth-order valence-electron chi connectivity index (χ4n) is 1.64. The second-order valence-corrected chi connectivity index (χ2v) is 6.02. The third-order valence-corrected chi connectivity index (χ3v) is 4.71. The Morgan fingerprint density at radius 3 is 3.14 bits per heavy atom. The van der Waals surface area contributed by atoms with Crippen molar-refractivity contribution in [3.63, 3.8) is 0 Å². The molecule has 2 rings (SSSR count). The number of thioether (sulfide) groups is 1. The van der Waals surface area contributed by atoms with Crippen molar-refractivity contribution in [3.05, 3.63) is 16.1 Å². The van der Waals surface area contributed by atoms with Crippen LogP contribution in [0.15, 0.2) is 6.20 Å². The van der Waals surface area contributed by atoms with E-state index in [2.05, 4.69) is 16.7 Å². The predicted octanol–water partition coefficient (Wildman–Crippen LogP) is 2.78. The van der Waals surface area contributed by atoms with E-state index < -0.39 is 0 Å². The van der Waals surface area contributed by atoms with Gasteiger partial charge >= 0.3 is 0 Å². The second kappa shape index (κ2) is 4.94. The number of carbonyl (C=O) groups excluding carboxylic acids is 1. The van der Waals surface area contributed by atoms with Crippen molar-refractivity contribution in [2.45, 2.75) is 30.9 Å². The molecule has 14 heavy (non-hydrogen) atoms. The number of aromatic nitrogens is 1. The highest BCUT2D eigenvalue weighted by Crippen LogP contribution is 2.28. The Balaban J connectivity index is 1.92. The summed E-state index contributed by atoms with van der Waals surface area (Å²) < 4.78 is 0. The smallest absolute Gasteiger partial charge is 0.161 e. The molecule has 0 aliphatic carbocycles. The first-order valence-electron chi connectivity index (χ1n) is 4.90. The van der Waals surface area contributed by atoms with E-state index in [0.29, 0.717) is 0 Å². The molecule has 0 amide bonds. The molecule has 4 heteroatoms. The van der Waals surface area contributed by atoms with Gasteiger partial charge in [0.25, 0.3) is 0 Å². The first kappa shape index (κ1) is 10.2. The zero-order chi connectivity index (χ0) is 9.80. The quantitative estimate of drug-likeness (QED) is 0.744. The Morgan fingerprint density at radius 1 is 1.57 bits per heavy atom. The summed E-state index contributed by atoms with van der Waals surface area (Å²) in [6.07, 6.45) is 7.63. The maximum Gasteiger partial charge on any atom is 0.161 e. The van der Waals surface area contributed by atoms with Crippen LogP contribution in [0.3, 0.4) is 0 Å². The Labute approximate surface area is 92.1 Å². The van der Waals surface area contributed by atoms with Gasteiger partial charge in [-0.15, -0.1) is 11.3 Å². The Bertz CT molecular complexity index is 305. The van der Waals surface area contributed by atoms with E-state index in [1.807, 2.05) is 0 Å². The van der Waals surface area contributed by atoms with Crippen LogP contribution in [-0.4, -0.2) is 22.3 Å². The van der Waals surface area contributed by atoms with E-state index in [0.717, 1.165) is 27.8 Å². The second-order valence-electron chi connectivity index (χ2n) is 3.47. The molecule has 0 radical (unpaired) electrons. The largest absolute Gasteiger partial charge is 0.297 e. The fourth-order valence-corrected chi connectivity index (χ4v) is 3.87. The molecule has 0 N–H and O–H groups in total. The van der Waals surface area contributed by atoms with Crippen LogP contribution >= 0.6 is 23.1 Å². The molecule has 0 bridgehead atoms.